The Bertz CT molecular complexity index is 665. The van der Waals surface area contributed by atoms with Crippen molar-refractivity contribution >= 4 is 5.97 Å². The number of fused-ring (bicyclic) bond motifs is 1. The highest BCUT2D eigenvalue weighted by atomic mass is 16.4. The first-order valence-electron chi connectivity index (χ1n) is 6.19. The van der Waals surface area contributed by atoms with Gasteiger partial charge in [0.05, 0.1) is 17.0 Å². The standard InChI is InChI=1S/C15H14N2O2/c1-9-3-2-4-10(5-9)14-12(15(18)19)6-11-7-16-8-13(11)17-14/h2-6,16H,7-8H2,1H3,(H,18,19). The molecule has 0 unspecified atom stereocenters. The zero-order chi connectivity index (χ0) is 13.4. The average Bonchev–Trinajstić information content (AvgIpc) is 2.84. The summed E-state index contributed by atoms with van der Waals surface area (Å²) in [7, 11) is 0. The number of carboxylic acid groups (broad SMARTS) is 1. The van der Waals surface area contributed by atoms with Gasteiger partial charge in [-0.1, -0.05) is 23.8 Å². The number of pyridine rings is 1. The van der Waals surface area contributed by atoms with Crippen molar-refractivity contribution < 1.29 is 9.90 Å². The predicted molar refractivity (Wildman–Crippen MR) is 71.9 cm³/mol. The van der Waals surface area contributed by atoms with Gasteiger partial charge in [0, 0.05) is 18.7 Å². The number of aryl methyl sites for hydroxylation is 1. The first-order chi connectivity index (χ1) is 9.15. The Morgan fingerprint density at radius 1 is 1.32 bits per heavy atom. The molecule has 0 radical (unpaired) electrons. The van der Waals surface area contributed by atoms with Crippen LogP contribution in [0.4, 0.5) is 0 Å². The maximum atomic E-state index is 11.4. The van der Waals surface area contributed by atoms with Crippen LogP contribution in [0.25, 0.3) is 11.3 Å². The summed E-state index contributed by atoms with van der Waals surface area (Å²) in [6.45, 7) is 3.38. The van der Waals surface area contributed by atoms with E-state index in [0.717, 1.165) is 22.4 Å². The number of nitrogens with one attached hydrogen (secondary N) is 1. The lowest BCUT2D eigenvalue weighted by molar-refractivity contribution is 0.0697. The SMILES string of the molecule is Cc1cccc(-c2nc3c(cc2C(=O)O)CNC3)c1. The number of aromatic nitrogens is 1. The molecular weight excluding hydrogens is 240 g/mol. The Morgan fingerprint density at radius 2 is 2.16 bits per heavy atom. The lowest BCUT2D eigenvalue weighted by atomic mass is 10.0. The summed E-state index contributed by atoms with van der Waals surface area (Å²) < 4.78 is 0. The van der Waals surface area contributed by atoms with E-state index in [1.807, 2.05) is 31.2 Å². The molecule has 4 heteroatoms. The summed E-state index contributed by atoms with van der Waals surface area (Å²) in [5.41, 5.74) is 4.70. The van der Waals surface area contributed by atoms with Gasteiger partial charge in [-0.25, -0.2) is 4.79 Å². The summed E-state index contributed by atoms with van der Waals surface area (Å²) in [5.74, 6) is -0.932. The van der Waals surface area contributed by atoms with Crippen LogP contribution in [0.1, 0.15) is 27.2 Å². The van der Waals surface area contributed by atoms with Crippen molar-refractivity contribution in [3.05, 3.63) is 52.7 Å². The number of hydrogen-bond donors (Lipinski definition) is 2. The number of carbonyl (C=O) groups is 1. The number of carboxylic acids is 1. The van der Waals surface area contributed by atoms with Gasteiger partial charge in [0.15, 0.2) is 0 Å². The molecule has 1 aromatic carbocycles. The molecule has 2 heterocycles. The quantitative estimate of drug-likeness (QED) is 0.863. The van der Waals surface area contributed by atoms with Crippen LogP contribution in [-0.2, 0) is 13.1 Å². The van der Waals surface area contributed by atoms with Crippen LogP contribution in [0.15, 0.2) is 30.3 Å². The van der Waals surface area contributed by atoms with Gasteiger partial charge in [-0.15, -0.1) is 0 Å². The van der Waals surface area contributed by atoms with Crippen molar-refractivity contribution in [2.75, 3.05) is 0 Å². The van der Waals surface area contributed by atoms with Crippen LogP contribution < -0.4 is 5.32 Å². The molecule has 1 aliphatic heterocycles. The molecule has 2 aromatic rings. The second-order valence-corrected chi connectivity index (χ2v) is 4.77. The van der Waals surface area contributed by atoms with E-state index in [2.05, 4.69) is 10.3 Å². The summed E-state index contributed by atoms with van der Waals surface area (Å²) >= 11 is 0. The van der Waals surface area contributed by atoms with Crippen LogP contribution >= 0.6 is 0 Å². The van der Waals surface area contributed by atoms with Crippen molar-refractivity contribution in [2.24, 2.45) is 0 Å². The van der Waals surface area contributed by atoms with Gasteiger partial charge in [0.1, 0.15) is 0 Å². The van der Waals surface area contributed by atoms with Crippen LogP contribution in [0.2, 0.25) is 0 Å². The van der Waals surface area contributed by atoms with E-state index in [0.29, 0.717) is 18.8 Å². The largest absolute Gasteiger partial charge is 0.478 e. The van der Waals surface area contributed by atoms with Gasteiger partial charge in [-0.2, -0.15) is 0 Å². The molecule has 0 aliphatic carbocycles. The molecule has 0 bridgehead atoms. The third-order valence-electron chi connectivity index (χ3n) is 3.32. The van der Waals surface area contributed by atoms with Crippen molar-refractivity contribution in [2.45, 2.75) is 20.0 Å². The summed E-state index contributed by atoms with van der Waals surface area (Å²) in [4.78, 5) is 16.0. The third kappa shape index (κ3) is 2.11. The minimum absolute atomic E-state index is 0.271. The molecule has 2 N–H and O–H groups in total. The van der Waals surface area contributed by atoms with Gasteiger partial charge in [0.2, 0.25) is 0 Å². The highest BCUT2D eigenvalue weighted by Gasteiger charge is 2.20. The number of benzene rings is 1. The molecule has 19 heavy (non-hydrogen) atoms. The second kappa shape index (κ2) is 4.48. The van der Waals surface area contributed by atoms with E-state index < -0.39 is 5.97 Å². The maximum Gasteiger partial charge on any atom is 0.337 e. The fourth-order valence-electron chi connectivity index (χ4n) is 2.39. The molecule has 0 fully saturated rings. The van der Waals surface area contributed by atoms with E-state index in [1.165, 1.54) is 0 Å². The molecular formula is C15H14N2O2. The molecule has 3 rings (SSSR count). The van der Waals surface area contributed by atoms with E-state index in [-0.39, 0.29) is 5.56 Å². The van der Waals surface area contributed by atoms with Crippen molar-refractivity contribution in [1.29, 1.82) is 0 Å². The third-order valence-corrected chi connectivity index (χ3v) is 3.32. The molecule has 1 aromatic heterocycles. The Morgan fingerprint density at radius 3 is 2.89 bits per heavy atom. The van der Waals surface area contributed by atoms with Crippen LogP contribution in [0.5, 0.6) is 0 Å². The number of aromatic carboxylic acids is 1. The maximum absolute atomic E-state index is 11.4. The predicted octanol–water partition coefficient (Wildman–Crippen LogP) is 2.36. The van der Waals surface area contributed by atoms with E-state index in [1.54, 1.807) is 6.07 Å². The molecule has 0 saturated carbocycles. The minimum atomic E-state index is -0.932. The van der Waals surface area contributed by atoms with Crippen molar-refractivity contribution in [3.8, 4) is 11.3 Å². The first kappa shape index (κ1) is 11.9. The summed E-state index contributed by atoms with van der Waals surface area (Å²) in [6.07, 6.45) is 0. The molecule has 4 nitrogen and oxygen atoms in total. The Balaban J connectivity index is 2.22. The Hall–Kier alpha value is -2.20. The fraction of sp³-hybridized carbons (Fsp3) is 0.200. The summed E-state index contributed by atoms with van der Waals surface area (Å²) in [6, 6.07) is 9.50. The van der Waals surface area contributed by atoms with Crippen molar-refractivity contribution in [3.63, 3.8) is 0 Å². The smallest absolute Gasteiger partial charge is 0.337 e. The monoisotopic (exact) mass is 254 g/mol. The van der Waals surface area contributed by atoms with Crippen LogP contribution in [0.3, 0.4) is 0 Å². The van der Waals surface area contributed by atoms with Crippen LogP contribution in [-0.4, -0.2) is 16.1 Å². The van der Waals surface area contributed by atoms with Gasteiger partial charge in [0.25, 0.3) is 0 Å². The highest BCUT2D eigenvalue weighted by molar-refractivity contribution is 5.95. The Kier molecular flexibility index (Phi) is 2.80. The number of hydrogen-bond acceptors (Lipinski definition) is 3. The van der Waals surface area contributed by atoms with Crippen LogP contribution in [0, 0.1) is 6.92 Å². The zero-order valence-electron chi connectivity index (χ0n) is 10.6. The topological polar surface area (TPSA) is 62.2 Å². The van der Waals surface area contributed by atoms with E-state index >= 15 is 0 Å². The first-order valence-corrected chi connectivity index (χ1v) is 6.19. The zero-order valence-corrected chi connectivity index (χ0v) is 10.6. The molecule has 1 aliphatic rings. The van der Waals surface area contributed by atoms with E-state index in [9.17, 15) is 9.90 Å². The molecule has 0 spiro atoms. The average molecular weight is 254 g/mol. The molecule has 0 amide bonds. The van der Waals surface area contributed by atoms with Gasteiger partial charge in [-0.3, -0.25) is 4.98 Å². The van der Waals surface area contributed by atoms with E-state index in [4.69, 9.17) is 0 Å². The number of nitrogens with zero attached hydrogens (tertiary/aromatic N) is 1. The lowest BCUT2D eigenvalue weighted by Crippen LogP contribution is -2.05. The minimum Gasteiger partial charge on any atom is -0.478 e. The fourth-order valence-corrected chi connectivity index (χ4v) is 2.39. The van der Waals surface area contributed by atoms with Gasteiger partial charge in [-0.05, 0) is 24.6 Å². The second-order valence-electron chi connectivity index (χ2n) is 4.77. The van der Waals surface area contributed by atoms with Gasteiger partial charge < -0.3 is 10.4 Å². The van der Waals surface area contributed by atoms with Gasteiger partial charge >= 0.3 is 5.97 Å². The molecule has 0 atom stereocenters. The Labute approximate surface area is 111 Å². The van der Waals surface area contributed by atoms with Crippen molar-refractivity contribution in [1.82, 2.24) is 10.3 Å². The highest BCUT2D eigenvalue weighted by Crippen LogP contribution is 2.26. The lowest BCUT2D eigenvalue weighted by Gasteiger charge is -2.09. The molecule has 0 saturated heterocycles. The summed E-state index contributed by atoms with van der Waals surface area (Å²) in [5, 5.41) is 12.6. The normalized spacial score (nSPS) is 13.3. The number of rotatable bonds is 2. The molecule has 96 valence electrons.